The number of carboxylic acid groups (broad SMARTS) is 1. The van der Waals surface area contributed by atoms with E-state index < -0.39 is 16.1 Å². The van der Waals surface area contributed by atoms with Gasteiger partial charge >= 0.3 is 6.09 Å². The van der Waals surface area contributed by atoms with Crippen LogP contribution >= 0.6 is 15.9 Å². The van der Waals surface area contributed by atoms with Crippen molar-refractivity contribution in [2.24, 2.45) is 0 Å². The van der Waals surface area contributed by atoms with Crippen LogP contribution in [0.1, 0.15) is 11.1 Å². The number of halogens is 1. The van der Waals surface area contributed by atoms with E-state index in [1.807, 2.05) is 18.2 Å². The Bertz CT molecular complexity index is 991. The third kappa shape index (κ3) is 5.27. The number of carbonyl (C=O) groups is 1. The number of nitrogens with zero attached hydrogens (tertiary/aromatic N) is 2. The van der Waals surface area contributed by atoms with Crippen molar-refractivity contribution in [3.63, 3.8) is 0 Å². The molecule has 156 valence electrons. The number of amides is 1. The largest absolute Gasteiger partial charge is 0.465 e. The minimum absolute atomic E-state index is 0.228. The van der Waals surface area contributed by atoms with Gasteiger partial charge in [0.05, 0.1) is 4.90 Å². The molecule has 10 heteroatoms. The van der Waals surface area contributed by atoms with E-state index in [0.29, 0.717) is 31.7 Å². The van der Waals surface area contributed by atoms with E-state index in [2.05, 4.69) is 31.1 Å². The summed E-state index contributed by atoms with van der Waals surface area (Å²) in [4.78, 5) is 17.3. The minimum Gasteiger partial charge on any atom is -0.465 e. The number of piperazine rings is 1. The highest BCUT2D eigenvalue weighted by molar-refractivity contribution is 9.10. The molecule has 2 aromatic rings. The molecule has 3 rings (SSSR count). The summed E-state index contributed by atoms with van der Waals surface area (Å²) in [6, 6.07) is 12.6. The van der Waals surface area contributed by atoms with Crippen LogP contribution in [-0.2, 0) is 16.6 Å². The van der Waals surface area contributed by atoms with Crippen molar-refractivity contribution in [1.82, 2.24) is 15.2 Å². The molecule has 0 atom stereocenters. The molecule has 2 aromatic carbocycles. The monoisotopic (exact) mass is 482 g/mol. The molecule has 1 aliphatic heterocycles. The average molecular weight is 483 g/mol. The Labute approximate surface area is 178 Å². The second-order valence-electron chi connectivity index (χ2n) is 6.75. The van der Waals surface area contributed by atoms with Crippen LogP contribution in [0.4, 0.5) is 10.5 Å². The van der Waals surface area contributed by atoms with Crippen molar-refractivity contribution in [1.29, 1.82) is 0 Å². The summed E-state index contributed by atoms with van der Waals surface area (Å²) in [6.45, 7) is 4.04. The van der Waals surface area contributed by atoms with Crippen LogP contribution in [0.15, 0.2) is 51.8 Å². The topological polar surface area (TPSA) is 102 Å². The standard InChI is InChI=1S/C19H23BrN4O4S/c1-14-4-2-3-5-18(14)29(27,28)22-21-13-15-12-16(20)6-7-17(15)23-8-10-24(11-9-23)19(25)26/h2-7,12,21-22H,8-11,13H2,1H3,(H,25,26). The molecule has 1 amide bonds. The molecule has 1 heterocycles. The normalized spacial score (nSPS) is 14.8. The second kappa shape index (κ2) is 9.12. The Morgan fingerprint density at radius 1 is 1.14 bits per heavy atom. The highest BCUT2D eigenvalue weighted by Gasteiger charge is 2.22. The average Bonchev–Trinajstić information content (AvgIpc) is 2.68. The van der Waals surface area contributed by atoms with Crippen molar-refractivity contribution in [2.75, 3.05) is 31.1 Å². The first-order valence-electron chi connectivity index (χ1n) is 9.09. The summed E-state index contributed by atoms with van der Waals surface area (Å²) in [6.07, 6.45) is -0.909. The van der Waals surface area contributed by atoms with Gasteiger partial charge in [-0.1, -0.05) is 34.1 Å². The summed E-state index contributed by atoms with van der Waals surface area (Å²) in [5.41, 5.74) is 5.32. The zero-order valence-electron chi connectivity index (χ0n) is 15.9. The number of rotatable bonds is 6. The lowest BCUT2D eigenvalue weighted by Crippen LogP contribution is -2.48. The van der Waals surface area contributed by atoms with Gasteiger partial charge in [0.2, 0.25) is 0 Å². The minimum atomic E-state index is -3.68. The van der Waals surface area contributed by atoms with Gasteiger partial charge in [-0.15, -0.1) is 4.83 Å². The van der Waals surface area contributed by atoms with E-state index in [9.17, 15) is 13.2 Å². The Morgan fingerprint density at radius 2 is 1.83 bits per heavy atom. The number of aryl methyl sites for hydroxylation is 1. The fourth-order valence-corrected chi connectivity index (χ4v) is 4.81. The quantitative estimate of drug-likeness (QED) is 0.546. The molecule has 0 radical (unpaired) electrons. The van der Waals surface area contributed by atoms with E-state index in [-0.39, 0.29) is 11.4 Å². The van der Waals surface area contributed by atoms with Gasteiger partial charge in [-0.2, -0.15) is 0 Å². The number of hydrazine groups is 1. The first kappa shape index (κ1) is 21.6. The predicted octanol–water partition coefficient (Wildman–Crippen LogP) is 2.54. The lowest BCUT2D eigenvalue weighted by molar-refractivity contribution is 0.142. The second-order valence-corrected chi connectivity index (χ2v) is 9.32. The van der Waals surface area contributed by atoms with Crippen LogP contribution in [0.3, 0.4) is 0 Å². The first-order chi connectivity index (χ1) is 13.8. The van der Waals surface area contributed by atoms with E-state index in [1.54, 1.807) is 31.2 Å². The van der Waals surface area contributed by atoms with Crippen molar-refractivity contribution in [3.8, 4) is 0 Å². The SMILES string of the molecule is Cc1ccccc1S(=O)(=O)NNCc1cc(Br)ccc1N1CCN(C(=O)O)CC1. The summed E-state index contributed by atoms with van der Waals surface area (Å²) in [7, 11) is -3.68. The van der Waals surface area contributed by atoms with E-state index in [0.717, 1.165) is 15.7 Å². The molecule has 0 bridgehead atoms. The fourth-order valence-electron chi connectivity index (χ4n) is 3.28. The van der Waals surface area contributed by atoms with Crippen LogP contribution in [0.2, 0.25) is 0 Å². The molecule has 0 unspecified atom stereocenters. The van der Waals surface area contributed by atoms with E-state index >= 15 is 0 Å². The molecule has 3 N–H and O–H groups in total. The maximum atomic E-state index is 12.5. The van der Waals surface area contributed by atoms with Crippen molar-refractivity contribution in [2.45, 2.75) is 18.4 Å². The summed E-state index contributed by atoms with van der Waals surface area (Å²) in [5.74, 6) is 0. The van der Waals surface area contributed by atoms with Crippen molar-refractivity contribution < 1.29 is 18.3 Å². The van der Waals surface area contributed by atoms with E-state index in [1.165, 1.54) is 4.90 Å². The first-order valence-corrected chi connectivity index (χ1v) is 11.4. The molecule has 29 heavy (non-hydrogen) atoms. The lowest BCUT2D eigenvalue weighted by Gasteiger charge is -2.35. The van der Waals surface area contributed by atoms with Crippen LogP contribution in [-0.4, -0.2) is 50.7 Å². The molecular weight excluding hydrogens is 460 g/mol. The van der Waals surface area contributed by atoms with Gasteiger partial charge in [0.25, 0.3) is 10.0 Å². The number of sulfonamides is 1. The van der Waals surface area contributed by atoms with Gasteiger partial charge in [0, 0.05) is 42.9 Å². The highest BCUT2D eigenvalue weighted by atomic mass is 79.9. The number of hydrogen-bond acceptors (Lipinski definition) is 5. The Kier molecular flexibility index (Phi) is 6.78. The molecule has 1 fully saturated rings. The van der Waals surface area contributed by atoms with Gasteiger partial charge in [0.15, 0.2) is 0 Å². The zero-order valence-corrected chi connectivity index (χ0v) is 18.3. The van der Waals surface area contributed by atoms with Gasteiger partial charge in [-0.25, -0.2) is 18.6 Å². The van der Waals surface area contributed by atoms with Gasteiger partial charge in [0.1, 0.15) is 0 Å². The predicted molar refractivity (Wildman–Crippen MR) is 114 cm³/mol. The Hall–Kier alpha value is -2.14. The van der Waals surface area contributed by atoms with Crippen LogP contribution in [0, 0.1) is 6.92 Å². The fraction of sp³-hybridized carbons (Fsp3) is 0.316. The van der Waals surface area contributed by atoms with Gasteiger partial charge < -0.3 is 14.9 Å². The third-order valence-electron chi connectivity index (χ3n) is 4.80. The third-order valence-corrected chi connectivity index (χ3v) is 6.74. The number of anilines is 1. The summed E-state index contributed by atoms with van der Waals surface area (Å²) >= 11 is 3.46. The van der Waals surface area contributed by atoms with Gasteiger partial charge in [-0.3, -0.25) is 0 Å². The smallest absolute Gasteiger partial charge is 0.407 e. The number of hydrogen-bond donors (Lipinski definition) is 3. The van der Waals surface area contributed by atoms with Crippen LogP contribution < -0.4 is 15.2 Å². The Balaban J connectivity index is 1.69. The molecular formula is C19H23BrN4O4S. The summed E-state index contributed by atoms with van der Waals surface area (Å²) in [5, 5.41) is 9.12. The van der Waals surface area contributed by atoms with Crippen LogP contribution in [0.5, 0.6) is 0 Å². The Morgan fingerprint density at radius 3 is 2.48 bits per heavy atom. The maximum absolute atomic E-state index is 12.5. The zero-order chi connectivity index (χ0) is 21.0. The molecule has 1 aliphatic rings. The van der Waals surface area contributed by atoms with Gasteiger partial charge in [-0.05, 0) is 42.3 Å². The van der Waals surface area contributed by atoms with Crippen molar-refractivity contribution in [3.05, 3.63) is 58.1 Å². The molecule has 0 spiro atoms. The number of nitrogens with one attached hydrogen (secondary N) is 2. The number of benzene rings is 2. The molecule has 0 aromatic heterocycles. The highest BCUT2D eigenvalue weighted by Crippen LogP contribution is 2.26. The van der Waals surface area contributed by atoms with E-state index in [4.69, 9.17) is 5.11 Å². The van der Waals surface area contributed by atoms with Crippen LogP contribution in [0.25, 0.3) is 0 Å². The molecule has 1 saturated heterocycles. The molecule has 0 aliphatic carbocycles. The summed E-state index contributed by atoms with van der Waals surface area (Å²) < 4.78 is 26.0. The maximum Gasteiger partial charge on any atom is 0.407 e. The lowest BCUT2D eigenvalue weighted by atomic mass is 10.1. The molecule has 8 nitrogen and oxygen atoms in total. The van der Waals surface area contributed by atoms with Crippen molar-refractivity contribution >= 4 is 37.7 Å². The molecule has 0 saturated carbocycles.